The van der Waals surface area contributed by atoms with Gasteiger partial charge < -0.3 is 11.1 Å². The van der Waals surface area contributed by atoms with Crippen molar-refractivity contribution in [3.8, 4) is 0 Å². The highest BCUT2D eigenvalue weighted by Crippen LogP contribution is 2.30. The Balaban J connectivity index is 1.93. The number of carbonyl (C=O) groups is 1. The second-order valence-electron chi connectivity index (χ2n) is 5.85. The third-order valence-corrected chi connectivity index (χ3v) is 4.48. The Morgan fingerprint density at radius 3 is 2.65 bits per heavy atom. The summed E-state index contributed by atoms with van der Waals surface area (Å²) < 4.78 is 13.8. The first-order valence-corrected chi connectivity index (χ1v) is 7.10. The van der Waals surface area contributed by atoms with Gasteiger partial charge in [0, 0.05) is 25.2 Å². The molecule has 2 bridgehead atoms. The van der Waals surface area contributed by atoms with Crippen LogP contribution in [0.25, 0.3) is 0 Å². The molecule has 3 rings (SSSR count). The minimum atomic E-state index is -0.532. The summed E-state index contributed by atoms with van der Waals surface area (Å²) in [6.07, 6.45) is 2.27. The van der Waals surface area contributed by atoms with Crippen LogP contribution in [-0.4, -0.2) is 36.0 Å². The standard InChI is InChI=1S/C15H20FN3O/c1-9-12(3-2-4-13(9)16)14(15(17)20)19-7-10-5-6-11(8-19)18-10/h2-4,10-11,14,18H,5-8H2,1H3,(H2,17,20). The quantitative estimate of drug-likeness (QED) is 0.870. The van der Waals surface area contributed by atoms with Crippen LogP contribution in [0.3, 0.4) is 0 Å². The summed E-state index contributed by atoms with van der Waals surface area (Å²) >= 11 is 0. The fraction of sp³-hybridized carbons (Fsp3) is 0.533. The van der Waals surface area contributed by atoms with Crippen LogP contribution in [0.1, 0.15) is 30.0 Å². The minimum Gasteiger partial charge on any atom is -0.368 e. The third kappa shape index (κ3) is 2.31. The maximum absolute atomic E-state index is 13.8. The summed E-state index contributed by atoms with van der Waals surface area (Å²) in [6.45, 7) is 3.29. The van der Waals surface area contributed by atoms with E-state index in [1.807, 2.05) is 0 Å². The van der Waals surface area contributed by atoms with Gasteiger partial charge in [-0.2, -0.15) is 0 Å². The van der Waals surface area contributed by atoms with E-state index in [0.717, 1.165) is 25.9 Å². The van der Waals surface area contributed by atoms with Crippen LogP contribution in [0.2, 0.25) is 0 Å². The largest absolute Gasteiger partial charge is 0.368 e. The molecular weight excluding hydrogens is 257 g/mol. The van der Waals surface area contributed by atoms with E-state index in [9.17, 15) is 9.18 Å². The van der Waals surface area contributed by atoms with Crippen LogP contribution in [0.4, 0.5) is 4.39 Å². The van der Waals surface area contributed by atoms with Crippen molar-refractivity contribution < 1.29 is 9.18 Å². The van der Waals surface area contributed by atoms with E-state index in [2.05, 4.69) is 10.2 Å². The molecule has 0 aliphatic carbocycles. The van der Waals surface area contributed by atoms with Gasteiger partial charge in [0.1, 0.15) is 11.9 Å². The molecule has 2 heterocycles. The number of likely N-dealkylation sites (tertiary alicyclic amines) is 1. The van der Waals surface area contributed by atoms with Gasteiger partial charge in [-0.1, -0.05) is 12.1 Å². The van der Waals surface area contributed by atoms with E-state index < -0.39 is 11.9 Å². The van der Waals surface area contributed by atoms with Gasteiger partial charge in [0.25, 0.3) is 0 Å². The van der Waals surface area contributed by atoms with Crippen molar-refractivity contribution in [2.75, 3.05) is 13.1 Å². The van der Waals surface area contributed by atoms with Crippen LogP contribution in [0, 0.1) is 12.7 Å². The average Bonchev–Trinajstić information content (AvgIpc) is 2.74. The molecule has 5 heteroatoms. The van der Waals surface area contributed by atoms with Gasteiger partial charge in [0.05, 0.1) is 0 Å². The number of primary amides is 1. The maximum atomic E-state index is 13.8. The zero-order chi connectivity index (χ0) is 14.3. The number of piperazine rings is 1. The zero-order valence-electron chi connectivity index (χ0n) is 11.6. The van der Waals surface area contributed by atoms with Crippen molar-refractivity contribution in [1.29, 1.82) is 0 Å². The van der Waals surface area contributed by atoms with E-state index in [-0.39, 0.29) is 5.82 Å². The van der Waals surface area contributed by atoms with Crippen molar-refractivity contribution in [3.05, 3.63) is 35.1 Å². The molecule has 1 amide bonds. The number of benzene rings is 1. The van der Waals surface area contributed by atoms with Gasteiger partial charge >= 0.3 is 0 Å². The zero-order valence-corrected chi connectivity index (χ0v) is 11.6. The minimum absolute atomic E-state index is 0.285. The third-order valence-electron chi connectivity index (χ3n) is 4.48. The van der Waals surface area contributed by atoms with E-state index in [1.165, 1.54) is 6.07 Å². The number of fused-ring (bicyclic) bond motifs is 2. The monoisotopic (exact) mass is 277 g/mol. The van der Waals surface area contributed by atoms with Crippen LogP contribution in [0.5, 0.6) is 0 Å². The number of nitrogens with two attached hydrogens (primary N) is 1. The molecule has 108 valence electrons. The lowest BCUT2D eigenvalue weighted by atomic mass is 9.97. The summed E-state index contributed by atoms with van der Waals surface area (Å²) in [5, 5.41) is 3.52. The summed E-state index contributed by atoms with van der Waals surface area (Å²) in [5.74, 6) is -0.688. The lowest BCUT2D eigenvalue weighted by molar-refractivity contribution is -0.124. The molecule has 3 N–H and O–H groups in total. The summed E-state index contributed by atoms with van der Waals surface area (Å²) in [4.78, 5) is 14.0. The molecule has 2 aliphatic heterocycles. The number of rotatable bonds is 3. The van der Waals surface area contributed by atoms with Crippen molar-refractivity contribution in [2.24, 2.45) is 5.73 Å². The lowest BCUT2D eigenvalue weighted by Gasteiger charge is -2.37. The molecule has 1 aromatic carbocycles. The highest BCUT2D eigenvalue weighted by atomic mass is 19.1. The highest BCUT2D eigenvalue weighted by molar-refractivity contribution is 5.82. The number of halogens is 1. The number of nitrogens with one attached hydrogen (secondary N) is 1. The molecule has 0 saturated carbocycles. The van der Waals surface area contributed by atoms with Crippen molar-refractivity contribution >= 4 is 5.91 Å². The summed E-state index contributed by atoms with van der Waals surface area (Å²) in [5.41, 5.74) is 6.82. The van der Waals surface area contributed by atoms with Crippen LogP contribution < -0.4 is 11.1 Å². The van der Waals surface area contributed by atoms with E-state index in [1.54, 1.807) is 19.1 Å². The molecule has 4 nitrogen and oxygen atoms in total. The lowest BCUT2D eigenvalue weighted by Crippen LogP contribution is -2.54. The van der Waals surface area contributed by atoms with Crippen molar-refractivity contribution in [3.63, 3.8) is 0 Å². The Hall–Kier alpha value is -1.46. The average molecular weight is 277 g/mol. The number of hydrogen-bond acceptors (Lipinski definition) is 3. The molecule has 20 heavy (non-hydrogen) atoms. The summed E-state index contributed by atoms with van der Waals surface area (Å²) in [6, 6.07) is 5.17. The molecule has 2 aliphatic rings. The van der Waals surface area contributed by atoms with Crippen LogP contribution in [0.15, 0.2) is 18.2 Å². The maximum Gasteiger partial charge on any atom is 0.239 e. The second kappa shape index (κ2) is 5.14. The molecule has 0 spiro atoms. The first kappa shape index (κ1) is 13.5. The normalized spacial score (nSPS) is 27.5. The predicted octanol–water partition coefficient (Wildman–Crippen LogP) is 1.10. The number of hydrogen-bond donors (Lipinski definition) is 2. The smallest absolute Gasteiger partial charge is 0.239 e. The number of amides is 1. The fourth-order valence-electron chi connectivity index (χ4n) is 3.49. The molecule has 2 fully saturated rings. The number of nitrogens with zero attached hydrogens (tertiary/aromatic N) is 1. The SMILES string of the molecule is Cc1c(F)cccc1C(C(N)=O)N1CC2CCC(C1)N2. The first-order valence-electron chi connectivity index (χ1n) is 7.10. The molecular formula is C15H20FN3O. The van der Waals surface area contributed by atoms with E-state index in [4.69, 9.17) is 5.73 Å². The Kier molecular flexibility index (Phi) is 3.48. The van der Waals surface area contributed by atoms with Gasteiger partial charge in [0.15, 0.2) is 0 Å². The van der Waals surface area contributed by atoms with Gasteiger partial charge in [-0.15, -0.1) is 0 Å². The van der Waals surface area contributed by atoms with Crippen LogP contribution in [-0.2, 0) is 4.79 Å². The van der Waals surface area contributed by atoms with E-state index in [0.29, 0.717) is 23.2 Å². The van der Waals surface area contributed by atoms with Crippen LogP contribution >= 0.6 is 0 Å². The van der Waals surface area contributed by atoms with E-state index >= 15 is 0 Å². The van der Waals surface area contributed by atoms with Crippen molar-refractivity contribution in [2.45, 2.75) is 37.9 Å². The van der Waals surface area contributed by atoms with Crippen molar-refractivity contribution in [1.82, 2.24) is 10.2 Å². The molecule has 2 saturated heterocycles. The van der Waals surface area contributed by atoms with Gasteiger partial charge in [-0.3, -0.25) is 9.69 Å². The molecule has 1 aromatic rings. The predicted molar refractivity (Wildman–Crippen MR) is 74.6 cm³/mol. The number of carbonyl (C=O) groups excluding carboxylic acids is 1. The summed E-state index contributed by atoms with van der Waals surface area (Å²) in [7, 11) is 0. The molecule has 0 aromatic heterocycles. The highest BCUT2D eigenvalue weighted by Gasteiger charge is 2.38. The Labute approximate surface area is 118 Å². The molecule has 3 atom stereocenters. The van der Waals surface area contributed by atoms with Gasteiger partial charge in [-0.05, 0) is 37.0 Å². The molecule has 3 unspecified atom stereocenters. The topological polar surface area (TPSA) is 58.4 Å². The Bertz CT molecular complexity index is 522. The fourth-order valence-corrected chi connectivity index (χ4v) is 3.49. The van der Waals surface area contributed by atoms with Gasteiger partial charge in [0.2, 0.25) is 5.91 Å². The molecule has 0 radical (unpaired) electrons. The Morgan fingerprint density at radius 2 is 2.05 bits per heavy atom. The van der Waals surface area contributed by atoms with Gasteiger partial charge in [-0.25, -0.2) is 4.39 Å². The Morgan fingerprint density at radius 1 is 1.40 bits per heavy atom. The second-order valence-corrected chi connectivity index (χ2v) is 5.85. The first-order chi connectivity index (χ1) is 9.56.